The van der Waals surface area contributed by atoms with E-state index in [1.54, 1.807) is 13.8 Å². The van der Waals surface area contributed by atoms with Gasteiger partial charge < -0.3 is 15.1 Å². The third-order valence-corrected chi connectivity index (χ3v) is 5.44. The molecule has 0 unspecified atom stereocenters. The van der Waals surface area contributed by atoms with Gasteiger partial charge >= 0.3 is 6.03 Å². The Balaban J connectivity index is 1.43. The molecule has 0 aromatic rings. The van der Waals surface area contributed by atoms with Crippen molar-refractivity contribution in [2.45, 2.75) is 45.1 Å². The topological polar surface area (TPSA) is 73.0 Å². The van der Waals surface area contributed by atoms with E-state index in [4.69, 9.17) is 0 Å². The van der Waals surface area contributed by atoms with Crippen LogP contribution in [0.4, 0.5) is 4.79 Å². The number of rotatable bonds is 4. The van der Waals surface area contributed by atoms with E-state index in [0.29, 0.717) is 19.0 Å². The lowest BCUT2D eigenvalue weighted by Crippen LogP contribution is -2.45. The highest BCUT2D eigenvalue weighted by atomic mass is 16.2. The summed E-state index contributed by atoms with van der Waals surface area (Å²) in [7, 11) is 0. The molecule has 0 atom stereocenters. The van der Waals surface area contributed by atoms with Crippen molar-refractivity contribution in [2.75, 3.05) is 39.3 Å². The Morgan fingerprint density at radius 3 is 2.25 bits per heavy atom. The van der Waals surface area contributed by atoms with Gasteiger partial charge in [-0.25, -0.2) is 4.79 Å². The van der Waals surface area contributed by atoms with Crippen LogP contribution < -0.4 is 5.32 Å². The lowest BCUT2D eigenvalue weighted by atomic mass is 9.95. The van der Waals surface area contributed by atoms with Crippen LogP contribution in [-0.2, 0) is 9.59 Å². The average molecular weight is 336 g/mol. The standard InChI is InChI=1S/C17H28N4O3/c1-17(2)15(23)21(16(24)18-17)12-11-19-9-5-13(6-10-19)14(22)20-7-3-4-8-20/h13H,3-12H2,1-2H3,(H,18,24). The minimum Gasteiger partial charge on any atom is -0.342 e. The van der Waals surface area contributed by atoms with Gasteiger partial charge in [-0.05, 0) is 52.6 Å². The molecule has 0 aromatic carbocycles. The van der Waals surface area contributed by atoms with Gasteiger partial charge in [0.1, 0.15) is 5.54 Å². The number of imide groups is 1. The molecule has 3 fully saturated rings. The van der Waals surface area contributed by atoms with Crippen LogP contribution in [0.5, 0.6) is 0 Å². The van der Waals surface area contributed by atoms with Crippen LogP contribution in [-0.4, -0.2) is 77.4 Å². The summed E-state index contributed by atoms with van der Waals surface area (Å²) in [6, 6.07) is -0.302. The van der Waals surface area contributed by atoms with Crippen LogP contribution in [0, 0.1) is 5.92 Å². The van der Waals surface area contributed by atoms with Crippen molar-refractivity contribution in [1.82, 2.24) is 20.0 Å². The second-order valence-corrected chi connectivity index (χ2v) is 7.66. The third kappa shape index (κ3) is 3.41. The van der Waals surface area contributed by atoms with Crippen LogP contribution in [0.15, 0.2) is 0 Å². The molecule has 7 nitrogen and oxygen atoms in total. The molecule has 0 aromatic heterocycles. The van der Waals surface area contributed by atoms with Crippen molar-refractivity contribution in [2.24, 2.45) is 5.92 Å². The number of urea groups is 1. The largest absolute Gasteiger partial charge is 0.342 e. The summed E-state index contributed by atoms with van der Waals surface area (Å²) >= 11 is 0. The molecule has 0 spiro atoms. The molecular weight excluding hydrogens is 308 g/mol. The molecular formula is C17H28N4O3. The number of nitrogens with one attached hydrogen (secondary N) is 1. The maximum Gasteiger partial charge on any atom is 0.325 e. The van der Waals surface area contributed by atoms with Crippen LogP contribution >= 0.6 is 0 Å². The second-order valence-electron chi connectivity index (χ2n) is 7.66. The van der Waals surface area contributed by atoms with Gasteiger partial charge in [-0.2, -0.15) is 0 Å². The lowest BCUT2D eigenvalue weighted by Gasteiger charge is -2.33. The normalized spacial score (nSPS) is 25.4. The van der Waals surface area contributed by atoms with Gasteiger partial charge in [0, 0.05) is 32.1 Å². The van der Waals surface area contributed by atoms with E-state index in [1.165, 1.54) is 4.90 Å². The summed E-state index contributed by atoms with van der Waals surface area (Å²) < 4.78 is 0. The summed E-state index contributed by atoms with van der Waals surface area (Å²) in [5, 5.41) is 2.70. The van der Waals surface area contributed by atoms with Gasteiger partial charge in [-0.3, -0.25) is 14.5 Å². The zero-order valence-corrected chi connectivity index (χ0v) is 14.7. The number of likely N-dealkylation sites (tertiary alicyclic amines) is 2. The highest BCUT2D eigenvalue weighted by Crippen LogP contribution is 2.22. The fourth-order valence-corrected chi connectivity index (χ4v) is 3.86. The van der Waals surface area contributed by atoms with Crippen molar-refractivity contribution in [3.63, 3.8) is 0 Å². The predicted octanol–water partition coefficient (Wildman–Crippen LogP) is 0.651. The highest BCUT2D eigenvalue weighted by molar-refractivity contribution is 6.06. The summed E-state index contributed by atoms with van der Waals surface area (Å²) in [5.41, 5.74) is -0.799. The summed E-state index contributed by atoms with van der Waals surface area (Å²) in [4.78, 5) is 42.1. The quantitative estimate of drug-likeness (QED) is 0.765. The molecule has 1 N–H and O–H groups in total. The molecule has 24 heavy (non-hydrogen) atoms. The number of amides is 4. The number of nitrogens with zero attached hydrogens (tertiary/aromatic N) is 3. The number of carbonyl (C=O) groups is 3. The minimum atomic E-state index is -0.799. The Morgan fingerprint density at radius 2 is 1.71 bits per heavy atom. The van der Waals surface area contributed by atoms with Crippen molar-refractivity contribution in [3.05, 3.63) is 0 Å². The van der Waals surface area contributed by atoms with Gasteiger partial charge in [-0.1, -0.05) is 0 Å². The first-order chi connectivity index (χ1) is 11.4. The van der Waals surface area contributed by atoms with E-state index in [0.717, 1.165) is 51.9 Å². The fraction of sp³-hybridized carbons (Fsp3) is 0.824. The predicted molar refractivity (Wildman–Crippen MR) is 89.3 cm³/mol. The van der Waals surface area contributed by atoms with E-state index in [-0.39, 0.29) is 17.9 Å². The number of carbonyl (C=O) groups excluding carboxylic acids is 3. The maximum atomic E-state index is 12.4. The summed E-state index contributed by atoms with van der Waals surface area (Å²) in [6.07, 6.45) is 4.02. The van der Waals surface area contributed by atoms with Crippen molar-refractivity contribution in [3.8, 4) is 0 Å². The first kappa shape index (κ1) is 17.2. The number of piperidine rings is 1. The second kappa shape index (κ2) is 6.70. The van der Waals surface area contributed by atoms with E-state index in [2.05, 4.69) is 10.2 Å². The van der Waals surface area contributed by atoms with Crippen LogP contribution in [0.2, 0.25) is 0 Å². The van der Waals surface area contributed by atoms with E-state index >= 15 is 0 Å². The first-order valence-corrected chi connectivity index (χ1v) is 9.04. The monoisotopic (exact) mass is 336 g/mol. The minimum absolute atomic E-state index is 0.148. The van der Waals surface area contributed by atoms with Gasteiger partial charge in [0.25, 0.3) is 5.91 Å². The molecule has 3 heterocycles. The fourth-order valence-electron chi connectivity index (χ4n) is 3.86. The van der Waals surface area contributed by atoms with Crippen LogP contribution in [0.3, 0.4) is 0 Å². The molecule has 134 valence electrons. The molecule has 0 radical (unpaired) electrons. The Bertz CT molecular complexity index is 520. The molecule has 3 rings (SSSR count). The van der Waals surface area contributed by atoms with Gasteiger partial charge in [0.15, 0.2) is 0 Å². The van der Waals surface area contributed by atoms with Gasteiger partial charge in [0.05, 0.1) is 0 Å². The van der Waals surface area contributed by atoms with E-state index < -0.39 is 5.54 Å². The smallest absolute Gasteiger partial charge is 0.325 e. The Labute approximate surface area is 143 Å². The van der Waals surface area contributed by atoms with E-state index in [1.807, 2.05) is 4.90 Å². The number of hydrogen-bond donors (Lipinski definition) is 1. The lowest BCUT2D eigenvalue weighted by molar-refractivity contribution is -0.135. The Kier molecular flexibility index (Phi) is 4.80. The summed E-state index contributed by atoms with van der Waals surface area (Å²) in [5.74, 6) is 0.310. The van der Waals surface area contributed by atoms with Crippen LogP contribution in [0.1, 0.15) is 39.5 Å². The van der Waals surface area contributed by atoms with Crippen molar-refractivity contribution >= 4 is 17.8 Å². The highest BCUT2D eigenvalue weighted by Gasteiger charge is 2.44. The SMILES string of the molecule is CC1(C)NC(=O)N(CCN2CCC(C(=O)N3CCCC3)CC2)C1=O. The van der Waals surface area contributed by atoms with E-state index in [9.17, 15) is 14.4 Å². The number of hydrogen-bond acceptors (Lipinski definition) is 4. The van der Waals surface area contributed by atoms with Gasteiger partial charge in [-0.15, -0.1) is 0 Å². The molecule has 3 aliphatic rings. The molecule has 0 bridgehead atoms. The maximum absolute atomic E-state index is 12.4. The molecule has 3 aliphatic heterocycles. The van der Waals surface area contributed by atoms with Crippen molar-refractivity contribution < 1.29 is 14.4 Å². The average Bonchev–Trinajstić information content (AvgIpc) is 3.14. The van der Waals surface area contributed by atoms with Crippen LogP contribution in [0.25, 0.3) is 0 Å². The molecule has 0 saturated carbocycles. The van der Waals surface area contributed by atoms with Crippen molar-refractivity contribution in [1.29, 1.82) is 0 Å². The molecule has 3 saturated heterocycles. The molecule has 7 heteroatoms. The Morgan fingerprint density at radius 1 is 1.08 bits per heavy atom. The molecule has 4 amide bonds. The van der Waals surface area contributed by atoms with Gasteiger partial charge in [0.2, 0.25) is 5.91 Å². The zero-order valence-electron chi connectivity index (χ0n) is 14.7. The third-order valence-electron chi connectivity index (χ3n) is 5.44. The zero-order chi connectivity index (χ0) is 17.3. The molecule has 0 aliphatic carbocycles. The Hall–Kier alpha value is -1.63. The first-order valence-electron chi connectivity index (χ1n) is 9.04. The summed E-state index contributed by atoms with van der Waals surface area (Å²) in [6.45, 7) is 8.10.